The van der Waals surface area contributed by atoms with E-state index in [2.05, 4.69) is 4.98 Å². The molecule has 0 saturated heterocycles. The van der Waals surface area contributed by atoms with Crippen molar-refractivity contribution in [2.45, 2.75) is 0 Å². The first-order valence-electron chi connectivity index (χ1n) is 8.07. The maximum atomic E-state index is 12.8. The van der Waals surface area contributed by atoms with E-state index in [4.69, 9.17) is 27.6 Å². The van der Waals surface area contributed by atoms with E-state index >= 15 is 0 Å². The number of halogens is 2. The summed E-state index contributed by atoms with van der Waals surface area (Å²) in [5.41, 5.74) is 2.21. The van der Waals surface area contributed by atoms with Crippen LogP contribution in [0.3, 0.4) is 0 Å². The van der Waals surface area contributed by atoms with Crippen LogP contribution < -0.4 is 10.1 Å². The van der Waals surface area contributed by atoms with Gasteiger partial charge in [0.15, 0.2) is 4.96 Å². The second kappa shape index (κ2) is 6.23. The summed E-state index contributed by atoms with van der Waals surface area (Å²) in [7, 11) is 0. The molecule has 0 unspecified atom stereocenters. The minimum atomic E-state index is -0.109. The molecule has 2 aromatic carbocycles. The minimum absolute atomic E-state index is 0.109. The number of hydrogen-bond acceptors (Lipinski definition) is 4. The normalized spacial score (nSPS) is 12.4. The van der Waals surface area contributed by atoms with E-state index in [9.17, 15) is 4.79 Å². The van der Waals surface area contributed by atoms with Gasteiger partial charge in [-0.2, -0.15) is 0 Å². The third-order valence-corrected chi connectivity index (χ3v) is 5.77. The molecular formula is C20H10Cl2N2O2S. The van der Waals surface area contributed by atoms with E-state index in [1.54, 1.807) is 34.7 Å². The van der Waals surface area contributed by atoms with E-state index in [0.29, 0.717) is 36.6 Å². The molecule has 0 aliphatic carbocycles. The zero-order chi connectivity index (χ0) is 18.5. The third kappa shape index (κ3) is 2.75. The molecule has 7 heteroatoms. The Morgan fingerprint density at radius 1 is 1.07 bits per heavy atom. The molecule has 0 bridgehead atoms. The second-order valence-electron chi connectivity index (χ2n) is 5.96. The number of rotatable bonds is 2. The van der Waals surface area contributed by atoms with Gasteiger partial charge in [0.1, 0.15) is 16.1 Å². The van der Waals surface area contributed by atoms with Gasteiger partial charge in [0.2, 0.25) is 0 Å². The topological polar surface area (TPSA) is 47.5 Å². The molecule has 3 aromatic heterocycles. The molecule has 0 saturated carbocycles. The van der Waals surface area contributed by atoms with Crippen molar-refractivity contribution in [3.63, 3.8) is 0 Å². The van der Waals surface area contributed by atoms with Gasteiger partial charge < -0.3 is 4.42 Å². The van der Waals surface area contributed by atoms with Crippen LogP contribution in [0.15, 0.2) is 63.8 Å². The maximum Gasteiger partial charge on any atom is 0.275 e. The Labute approximate surface area is 166 Å². The van der Waals surface area contributed by atoms with Crippen LogP contribution in [0.4, 0.5) is 0 Å². The molecular weight excluding hydrogens is 403 g/mol. The summed E-state index contributed by atoms with van der Waals surface area (Å²) >= 11 is 13.6. The van der Waals surface area contributed by atoms with Crippen LogP contribution in [-0.2, 0) is 0 Å². The highest BCUT2D eigenvalue weighted by atomic mass is 35.5. The highest BCUT2D eigenvalue weighted by Crippen LogP contribution is 2.32. The molecule has 0 fully saturated rings. The number of thiazole rings is 1. The highest BCUT2D eigenvalue weighted by Gasteiger charge is 2.12. The lowest BCUT2D eigenvalue weighted by Gasteiger charge is -2.00. The number of hydrogen-bond donors (Lipinski definition) is 0. The standard InChI is InChI=1S/C20H10Cl2N2O2S/c21-11-5-7-14(22)13(9-11)17-8-6-12(26-17)10-18-19(25)24-16-4-2-1-3-15(16)23-20(24)27-18/h1-10H/b18-10-. The van der Waals surface area contributed by atoms with Crippen molar-refractivity contribution in [3.8, 4) is 11.3 Å². The molecule has 0 aliphatic rings. The maximum absolute atomic E-state index is 12.8. The lowest BCUT2D eigenvalue weighted by molar-refractivity contribution is 0.571. The Kier molecular flexibility index (Phi) is 3.82. The van der Waals surface area contributed by atoms with Crippen molar-refractivity contribution >= 4 is 56.6 Å². The van der Waals surface area contributed by atoms with E-state index in [1.165, 1.54) is 11.3 Å². The number of furan rings is 1. The summed E-state index contributed by atoms with van der Waals surface area (Å²) < 4.78 is 8.05. The largest absolute Gasteiger partial charge is 0.457 e. The second-order valence-corrected chi connectivity index (χ2v) is 7.81. The summed E-state index contributed by atoms with van der Waals surface area (Å²) in [6.07, 6.45) is 1.72. The van der Waals surface area contributed by atoms with Crippen LogP contribution in [-0.4, -0.2) is 9.38 Å². The van der Waals surface area contributed by atoms with Gasteiger partial charge in [-0.05, 0) is 42.5 Å². The zero-order valence-electron chi connectivity index (χ0n) is 13.6. The van der Waals surface area contributed by atoms with Gasteiger partial charge in [-0.1, -0.05) is 46.7 Å². The van der Waals surface area contributed by atoms with Crippen molar-refractivity contribution in [2.75, 3.05) is 0 Å². The van der Waals surface area contributed by atoms with Crippen LogP contribution in [0, 0.1) is 0 Å². The fourth-order valence-corrected chi connectivity index (χ4v) is 4.35. The molecule has 0 N–H and O–H groups in total. The van der Waals surface area contributed by atoms with Crippen molar-refractivity contribution in [1.82, 2.24) is 9.38 Å². The molecule has 4 nitrogen and oxygen atoms in total. The Morgan fingerprint density at radius 3 is 2.81 bits per heavy atom. The SMILES string of the molecule is O=c1/c(=C/c2ccc(-c3cc(Cl)ccc3Cl)o2)sc2nc3ccccc3n12. The van der Waals surface area contributed by atoms with Gasteiger partial charge in [0.25, 0.3) is 5.56 Å². The average molecular weight is 413 g/mol. The fourth-order valence-electron chi connectivity index (χ4n) is 3.00. The molecule has 0 atom stereocenters. The van der Waals surface area contributed by atoms with E-state index in [-0.39, 0.29) is 5.56 Å². The van der Waals surface area contributed by atoms with Crippen LogP contribution in [0.2, 0.25) is 10.0 Å². The highest BCUT2D eigenvalue weighted by molar-refractivity contribution is 7.15. The molecule has 0 radical (unpaired) electrons. The van der Waals surface area contributed by atoms with Gasteiger partial charge >= 0.3 is 0 Å². The average Bonchev–Trinajstić information content (AvgIpc) is 3.33. The summed E-state index contributed by atoms with van der Waals surface area (Å²) in [5, 5.41) is 1.12. The van der Waals surface area contributed by atoms with Crippen molar-refractivity contribution < 1.29 is 4.42 Å². The smallest absolute Gasteiger partial charge is 0.275 e. The Hall–Kier alpha value is -2.60. The summed E-state index contributed by atoms with van der Waals surface area (Å²) in [6.45, 7) is 0. The Bertz CT molecular complexity index is 1430. The molecule has 3 heterocycles. The number of benzene rings is 2. The van der Waals surface area contributed by atoms with Crippen LogP contribution in [0.25, 0.3) is 33.4 Å². The van der Waals surface area contributed by atoms with Gasteiger partial charge in [0, 0.05) is 16.7 Å². The van der Waals surface area contributed by atoms with E-state index in [0.717, 1.165) is 11.0 Å². The first-order valence-corrected chi connectivity index (χ1v) is 9.64. The van der Waals surface area contributed by atoms with Crippen LogP contribution in [0.1, 0.15) is 5.76 Å². The lowest BCUT2D eigenvalue weighted by atomic mass is 10.2. The Morgan fingerprint density at radius 2 is 1.93 bits per heavy atom. The van der Waals surface area contributed by atoms with Crippen molar-refractivity contribution in [3.05, 3.63) is 85.3 Å². The molecule has 27 heavy (non-hydrogen) atoms. The van der Waals surface area contributed by atoms with E-state index in [1.807, 2.05) is 30.3 Å². The number of imidazole rings is 1. The zero-order valence-corrected chi connectivity index (χ0v) is 16.0. The first kappa shape index (κ1) is 16.6. The molecule has 132 valence electrons. The first-order chi connectivity index (χ1) is 13.1. The summed E-state index contributed by atoms with van der Waals surface area (Å²) in [6, 6.07) is 16.4. The molecule has 0 spiro atoms. The summed E-state index contributed by atoms with van der Waals surface area (Å²) in [4.78, 5) is 18.0. The molecule has 5 rings (SSSR count). The van der Waals surface area contributed by atoms with Gasteiger partial charge in [-0.15, -0.1) is 0 Å². The predicted octanol–water partition coefficient (Wildman–Crippen LogP) is 5.02. The van der Waals surface area contributed by atoms with Crippen LogP contribution >= 0.6 is 34.5 Å². The van der Waals surface area contributed by atoms with Gasteiger partial charge in [0.05, 0.1) is 16.1 Å². The predicted molar refractivity (Wildman–Crippen MR) is 110 cm³/mol. The number of para-hydroxylation sites is 2. The minimum Gasteiger partial charge on any atom is -0.457 e. The lowest BCUT2D eigenvalue weighted by Crippen LogP contribution is -2.22. The monoisotopic (exact) mass is 412 g/mol. The van der Waals surface area contributed by atoms with Crippen LogP contribution in [0.5, 0.6) is 0 Å². The summed E-state index contributed by atoms with van der Waals surface area (Å²) in [5.74, 6) is 1.15. The Balaban J connectivity index is 1.63. The van der Waals surface area contributed by atoms with E-state index < -0.39 is 0 Å². The molecule has 0 amide bonds. The number of fused-ring (bicyclic) bond motifs is 3. The van der Waals surface area contributed by atoms with Crippen molar-refractivity contribution in [2.24, 2.45) is 0 Å². The third-order valence-electron chi connectivity index (χ3n) is 4.24. The van der Waals surface area contributed by atoms with Crippen molar-refractivity contribution in [1.29, 1.82) is 0 Å². The number of nitrogens with zero attached hydrogens (tertiary/aromatic N) is 2. The quantitative estimate of drug-likeness (QED) is 0.408. The molecule has 5 aromatic rings. The van der Waals surface area contributed by atoms with Gasteiger partial charge in [-0.25, -0.2) is 9.38 Å². The fraction of sp³-hybridized carbons (Fsp3) is 0. The number of aromatic nitrogens is 2. The van der Waals surface area contributed by atoms with Gasteiger partial charge in [-0.3, -0.25) is 4.79 Å². The molecule has 0 aliphatic heterocycles.